The summed E-state index contributed by atoms with van der Waals surface area (Å²) in [5.74, 6) is -1.33. The number of benzene rings is 1. The summed E-state index contributed by atoms with van der Waals surface area (Å²) in [5.41, 5.74) is 1.35. The summed E-state index contributed by atoms with van der Waals surface area (Å²) in [4.78, 5) is 40.2. The Kier molecular flexibility index (Phi) is 11.0. The van der Waals surface area contributed by atoms with Crippen LogP contribution < -0.4 is 0 Å². The molecule has 1 aromatic heterocycles. The van der Waals surface area contributed by atoms with E-state index in [2.05, 4.69) is 49.4 Å². The molecule has 2 aromatic rings. The number of amides is 1. The maximum atomic E-state index is 13.8. The van der Waals surface area contributed by atoms with Gasteiger partial charge in [0.05, 0.1) is 16.9 Å². The molecule has 12 nitrogen and oxygen atoms in total. The number of rotatable bonds is 12. The largest absolute Gasteiger partial charge is 0.456 e. The number of hydrogen-bond acceptors (Lipinski definition) is 11. The number of aromatic nitrogens is 4. The van der Waals surface area contributed by atoms with Crippen LogP contribution in [-0.4, -0.2) is 61.7 Å². The highest BCUT2D eigenvalue weighted by Crippen LogP contribution is 2.47. The molecule has 43 heavy (non-hydrogen) atoms. The number of thioether (sulfide) groups is 2. The van der Waals surface area contributed by atoms with E-state index < -0.39 is 30.5 Å². The van der Waals surface area contributed by atoms with Crippen molar-refractivity contribution in [3.05, 3.63) is 61.5 Å². The van der Waals surface area contributed by atoms with Gasteiger partial charge in [-0.2, -0.15) is 0 Å². The molecule has 0 radical (unpaired) electrons. The molecule has 3 atom stereocenters. The summed E-state index contributed by atoms with van der Waals surface area (Å²) in [6.07, 6.45) is -0.375. The zero-order valence-electron chi connectivity index (χ0n) is 26.3. The third kappa shape index (κ3) is 8.13. The molecule has 234 valence electrons. The molecule has 1 aliphatic rings. The van der Waals surface area contributed by atoms with Crippen LogP contribution in [0.5, 0.6) is 0 Å². The van der Waals surface area contributed by atoms with Gasteiger partial charge in [-0.15, -0.1) is 16.9 Å². The number of tetrazole rings is 1. The van der Waals surface area contributed by atoms with Gasteiger partial charge in [0, 0.05) is 19.2 Å². The van der Waals surface area contributed by atoms with Crippen molar-refractivity contribution in [2.75, 3.05) is 0 Å². The van der Waals surface area contributed by atoms with E-state index in [9.17, 15) is 19.7 Å². The second-order valence-corrected chi connectivity index (χ2v) is 19.1. The molecule has 0 unspecified atom stereocenters. The van der Waals surface area contributed by atoms with Gasteiger partial charge in [-0.3, -0.25) is 19.8 Å². The monoisotopic (exact) mass is 648 g/mol. The summed E-state index contributed by atoms with van der Waals surface area (Å²) in [6.45, 7) is 18.1. The summed E-state index contributed by atoms with van der Waals surface area (Å²) in [5, 5.41) is 24.6. The van der Waals surface area contributed by atoms with E-state index >= 15 is 0 Å². The van der Waals surface area contributed by atoms with E-state index in [4.69, 9.17) is 9.16 Å². The summed E-state index contributed by atoms with van der Waals surface area (Å²) in [7, 11) is -0.440. The van der Waals surface area contributed by atoms with Gasteiger partial charge in [-0.05, 0) is 89.8 Å². The van der Waals surface area contributed by atoms with Crippen molar-refractivity contribution in [1.29, 1.82) is 0 Å². The van der Waals surface area contributed by atoms with Crippen LogP contribution in [0.4, 0.5) is 5.69 Å². The van der Waals surface area contributed by atoms with Gasteiger partial charge >= 0.3 is 5.97 Å². The van der Waals surface area contributed by atoms with Crippen molar-refractivity contribution in [1.82, 2.24) is 25.1 Å². The number of β-lactam (4-membered cyclic amide) rings is 1. The van der Waals surface area contributed by atoms with Crippen molar-refractivity contribution < 1.29 is 23.7 Å². The smallest absolute Gasteiger partial charge is 0.355 e. The fourth-order valence-electron chi connectivity index (χ4n) is 4.15. The van der Waals surface area contributed by atoms with Gasteiger partial charge in [0.25, 0.3) is 5.69 Å². The number of carbonyl (C=O) groups is 2. The number of esters is 1. The number of allylic oxidation sites excluding steroid dienone is 2. The summed E-state index contributed by atoms with van der Waals surface area (Å²) in [6, 6.07) is 5.79. The first-order chi connectivity index (χ1) is 19.9. The molecule has 1 fully saturated rings. The third-order valence-corrected chi connectivity index (χ3v) is 14.5. The number of nitro benzene ring substituents is 1. The van der Waals surface area contributed by atoms with E-state index in [1.165, 1.54) is 52.7 Å². The number of non-ortho nitro benzene ring substituents is 1. The summed E-state index contributed by atoms with van der Waals surface area (Å²) < 4.78 is 13.8. The minimum atomic E-state index is -2.19. The van der Waals surface area contributed by atoms with Crippen LogP contribution >= 0.6 is 23.5 Å². The molecular formula is C28H40N6O6S2Si. The molecule has 1 aromatic carbocycles. The predicted octanol–water partition coefficient (Wildman–Crippen LogP) is 6.04. The maximum Gasteiger partial charge on any atom is 0.355 e. The zero-order valence-corrected chi connectivity index (χ0v) is 28.9. The fourth-order valence-corrected chi connectivity index (χ4v) is 7.67. The van der Waals surface area contributed by atoms with Crippen LogP contribution in [0.3, 0.4) is 0 Å². The molecule has 0 saturated carbocycles. The Hall–Kier alpha value is -3.01. The van der Waals surface area contributed by atoms with E-state index in [0.29, 0.717) is 16.3 Å². The molecule has 0 aliphatic carbocycles. The average molecular weight is 649 g/mol. The lowest BCUT2D eigenvalue weighted by molar-refractivity contribution is -0.384. The van der Waals surface area contributed by atoms with Crippen LogP contribution in [-0.2, 0) is 32.4 Å². The number of aryl methyl sites for hydroxylation is 1. The Labute approximate surface area is 261 Å². The highest BCUT2D eigenvalue weighted by Gasteiger charge is 2.55. The standard InChI is InChI=1S/C28H40N6O6S2Si/c1-17(2)23(26(36)39-15-20-11-13-21(14-12-20)34(37)38)33-24(35)22(19(4)40-43(9,10)28(5,6)7)25(33)42-18(3)16-41-27-29-30-31-32(27)8/h11-14,16,19,22,25H,15H2,1-10H3/t19-,22+,25+/m1/s1. The van der Waals surface area contributed by atoms with Gasteiger partial charge in [0.1, 0.15) is 17.7 Å². The number of carbonyl (C=O) groups excluding carboxylic acids is 2. The number of nitrogens with zero attached hydrogens (tertiary/aromatic N) is 6. The van der Waals surface area contributed by atoms with Crippen LogP contribution in [0.15, 0.2) is 51.0 Å². The Balaban J connectivity index is 1.86. The number of ether oxygens (including phenoxy) is 1. The highest BCUT2D eigenvalue weighted by molar-refractivity contribution is 8.06. The first-order valence-corrected chi connectivity index (χ1v) is 18.4. The molecule has 15 heteroatoms. The van der Waals surface area contributed by atoms with Crippen molar-refractivity contribution in [2.24, 2.45) is 13.0 Å². The summed E-state index contributed by atoms with van der Waals surface area (Å²) >= 11 is 2.84. The minimum Gasteiger partial charge on any atom is -0.456 e. The van der Waals surface area contributed by atoms with Crippen molar-refractivity contribution in [2.45, 2.75) is 89.8 Å². The Morgan fingerprint density at radius 2 is 1.84 bits per heavy atom. The zero-order chi connectivity index (χ0) is 32.3. The van der Waals surface area contributed by atoms with E-state index in [1.54, 1.807) is 25.6 Å². The number of hydrogen-bond donors (Lipinski definition) is 0. The lowest BCUT2D eigenvalue weighted by Crippen LogP contribution is -2.64. The topological polar surface area (TPSA) is 143 Å². The maximum absolute atomic E-state index is 13.8. The van der Waals surface area contributed by atoms with Gasteiger partial charge < -0.3 is 9.16 Å². The molecular weight excluding hydrogens is 609 g/mol. The third-order valence-electron chi connectivity index (χ3n) is 7.52. The van der Waals surface area contributed by atoms with Gasteiger partial charge in [0.2, 0.25) is 11.1 Å². The first-order valence-electron chi connectivity index (χ1n) is 13.8. The predicted molar refractivity (Wildman–Crippen MR) is 169 cm³/mol. The van der Waals surface area contributed by atoms with Crippen molar-refractivity contribution >= 4 is 49.4 Å². The molecule has 1 aliphatic heterocycles. The van der Waals surface area contributed by atoms with Crippen LogP contribution in [0.25, 0.3) is 0 Å². The Morgan fingerprint density at radius 1 is 1.21 bits per heavy atom. The number of nitro groups is 1. The quantitative estimate of drug-likeness (QED) is 0.0506. The van der Waals surface area contributed by atoms with Crippen molar-refractivity contribution in [3.63, 3.8) is 0 Å². The Bertz CT molecular complexity index is 1420. The first kappa shape index (κ1) is 34.5. The van der Waals surface area contributed by atoms with E-state index in [-0.39, 0.29) is 35.0 Å². The lowest BCUT2D eigenvalue weighted by Gasteiger charge is -2.51. The van der Waals surface area contributed by atoms with Gasteiger partial charge in [-0.25, -0.2) is 9.48 Å². The van der Waals surface area contributed by atoms with E-state index in [0.717, 1.165) is 4.91 Å². The van der Waals surface area contributed by atoms with Crippen LogP contribution in [0, 0.1) is 16.0 Å². The van der Waals surface area contributed by atoms with Crippen LogP contribution in [0.1, 0.15) is 54.0 Å². The minimum absolute atomic E-state index is 0.0419. The SMILES string of the molecule is CC(=CSc1nnnn1C)S[C@H]1[C@@H]([C@@H](C)O[Si](C)(C)C(C)(C)C)C(=O)N1C(C(=O)OCc1ccc([N+](=O)[O-])cc1)=C(C)C. The average Bonchev–Trinajstić information content (AvgIpc) is 3.32. The fraction of sp³-hybridized carbons (Fsp3) is 0.536. The van der Waals surface area contributed by atoms with Crippen molar-refractivity contribution in [3.8, 4) is 0 Å². The molecule has 0 spiro atoms. The number of likely N-dealkylation sites (tertiary alicyclic amines) is 1. The lowest BCUT2D eigenvalue weighted by atomic mass is 9.91. The molecule has 1 saturated heterocycles. The second kappa shape index (κ2) is 13.7. The molecule has 0 bridgehead atoms. The molecule has 2 heterocycles. The molecule has 3 rings (SSSR count). The Morgan fingerprint density at radius 3 is 2.35 bits per heavy atom. The normalized spacial score (nSPS) is 18.2. The second-order valence-electron chi connectivity index (χ2n) is 12.1. The van der Waals surface area contributed by atoms with Crippen LogP contribution in [0.2, 0.25) is 18.1 Å². The molecule has 1 amide bonds. The highest BCUT2D eigenvalue weighted by atomic mass is 32.2. The van der Waals surface area contributed by atoms with Gasteiger partial charge in [0.15, 0.2) is 8.32 Å². The van der Waals surface area contributed by atoms with Gasteiger partial charge in [-0.1, -0.05) is 32.5 Å². The van der Waals surface area contributed by atoms with E-state index in [1.807, 2.05) is 19.3 Å². The molecule has 0 N–H and O–H groups in total.